The van der Waals surface area contributed by atoms with Crippen LogP contribution in [0.2, 0.25) is 0 Å². The highest BCUT2D eigenvalue weighted by molar-refractivity contribution is 5.94. The Labute approximate surface area is 242 Å². The molecule has 0 radical (unpaired) electrons. The number of likely N-dealkylation sites (tertiary alicyclic amines) is 1. The molecule has 3 aromatic carbocycles. The summed E-state index contributed by atoms with van der Waals surface area (Å²) in [6.45, 7) is 2.91. The number of carbonyl (C=O) groups is 3. The van der Waals surface area contributed by atoms with E-state index in [0.29, 0.717) is 12.8 Å². The van der Waals surface area contributed by atoms with Gasteiger partial charge in [-0.3, -0.25) is 25.2 Å². The van der Waals surface area contributed by atoms with Gasteiger partial charge in [0.15, 0.2) is 0 Å². The Morgan fingerprint density at radius 1 is 0.805 bits per heavy atom. The van der Waals surface area contributed by atoms with Crippen LogP contribution >= 0.6 is 0 Å². The summed E-state index contributed by atoms with van der Waals surface area (Å²) in [6.07, 6.45) is 3.97. The number of hydrazine groups is 1. The maximum atomic E-state index is 13.4. The van der Waals surface area contributed by atoms with Crippen molar-refractivity contribution in [3.05, 3.63) is 102 Å². The zero-order valence-electron chi connectivity index (χ0n) is 23.6. The Morgan fingerprint density at radius 2 is 1.39 bits per heavy atom. The maximum Gasteiger partial charge on any atom is 0.255 e. The molecule has 0 bridgehead atoms. The molecule has 0 aliphatic carbocycles. The number of amides is 3. The summed E-state index contributed by atoms with van der Waals surface area (Å²) in [5, 5.41) is 0. The van der Waals surface area contributed by atoms with E-state index in [2.05, 4.69) is 40.0 Å². The maximum absolute atomic E-state index is 13.4. The van der Waals surface area contributed by atoms with Gasteiger partial charge in [0, 0.05) is 44.2 Å². The SMILES string of the molecule is N[C@H](Cc1ccccc1)C(=O)NNC(=O)CCCC(=O)N(c1ccccc1)C1CCN(CCc2ccccc2)CC1. The number of hydrogen-bond acceptors (Lipinski definition) is 5. The first-order valence-electron chi connectivity index (χ1n) is 14.5. The number of hydrogen-bond donors (Lipinski definition) is 3. The van der Waals surface area contributed by atoms with Crippen LogP contribution in [0.15, 0.2) is 91.0 Å². The summed E-state index contributed by atoms with van der Waals surface area (Å²) >= 11 is 0. The summed E-state index contributed by atoms with van der Waals surface area (Å²) < 4.78 is 0. The first kappa shape index (κ1) is 30.0. The van der Waals surface area contributed by atoms with Crippen LogP contribution in [0.1, 0.15) is 43.2 Å². The third-order valence-corrected chi connectivity index (χ3v) is 7.54. The van der Waals surface area contributed by atoms with Gasteiger partial charge in [0.1, 0.15) is 0 Å². The molecule has 3 aromatic rings. The first-order chi connectivity index (χ1) is 20.0. The lowest BCUT2D eigenvalue weighted by Gasteiger charge is -2.38. The van der Waals surface area contributed by atoms with Crippen LogP contribution in [0.25, 0.3) is 0 Å². The van der Waals surface area contributed by atoms with E-state index < -0.39 is 11.9 Å². The number of rotatable bonds is 12. The van der Waals surface area contributed by atoms with Crippen molar-refractivity contribution >= 4 is 23.4 Å². The fourth-order valence-electron chi connectivity index (χ4n) is 5.25. The Balaban J connectivity index is 1.21. The van der Waals surface area contributed by atoms with Crippen molar-refractivity contribution in [1.82, 2.24) is 15.8 Å². The molecule has 0 unspecified atom stereocenters. The van der Waals surface area contributed by atoms with Gasteiger partial charge < -0.3 is 15.5 Å². The molecular weight excluding hydrogens is 514 g/mol. The molecule has 4 rings (SSSR count). The number of carbonyl (C=O) groups excluding carboxylic acids is 3. The number of nitrogens with one attached hydrogen (secondary N) is 2. The molecule has 1 saturated heterocycles. The Hall–Kier alpha value is -4.01. The normalized spacial score (nSPS) is 14.7. The Morgan fingerprint density at radius 3 is 2.02 bits per heavy atom. The van der Waals surface area contributed by atoms with Crippen LogP contribution in [-0.4, -0.2) is 54.3 Å². The molecule has 1 atom stereocenters. The summed E-state index contributed by atoms with van der Waals surface area (Å²) in [4.78, 5) is 42.5. The Bertz CT molecular complexity index is 1230. The molecule has 8 nitrogen and oxygen atoms in total. The van der Waals surface area contributed by atoms with Crippen LogP contribution in [0.3, 0.4) is 0 Å². The summed E-state index contributed by atoms with van der Waals surface area (Å²) in [6, 6.07) is 29.1. The van der Waals surface area contributed by atoms with Gasteiger partial charge in [0.2, 0.25) is 11.8 Å². The lowest BCUT2D eigenvalue weighted by molar-refractivity contribution is -0.129. The van der Waals surface area contributed by atoms with E-state index in [-0.39, 0.29) is 30.7 Å². The molecule has 1 aliphatic heterocycles. The quantitative estimate of drug-likeness (QED) is 0.296. The predicted molar refractivity (Wildman–Crippen MR) is 162 cm³/mol. The van der Waals surface area contributed by atoms with Crippen molar-refractivity contribution < 1.29 is 14.4 Å². The van der Waals surface area contributed by atoms with Gasteiger partial charge in [0.25, 0.3) is 5.91 Å². The van der Waals surface area contributed by atoms with E-state index in [1.807, 2.05) is 71.6 Å². The fourth-order valence-corrected chi connectivity index (χ4v) is 5.25. The van der Waals surface area contributed by atoms with Crippen LogP contribution in [0, 0.1) is 0 Å². The van der Waals surface area contributed by atoms with Gasteiger partial charge in [-0.05, 0) is 55.4 Å². The van der Waals surface area contributed by atoms with Crippen LogP contribution in [0.4, 0.5) is 5.69 Å². The van der Waals surface area contributed by atoms with Crippen molar-refractivity contribution in [1.29, 1.82) is 0 Å². The summed E-state index contributed by atoms with van der Waals surface area (Å²) in [5.74, 6) is -0.791. The molecule has 3 amide bonds. The van der Waals surface area contributed by atoms with Crippen molar-refractivity contribution in [3.8, 4) is 0 Å². The van der Waals surface area contributed by atoms with Crippen molar-refractivity contribution in [2.45, 2.75) is 57.0 Å². The fraction of sp³-hybridized carbons (Fsp3) is 0.364. The molecule has 1 aliphatic rings. The number of anilines is 1. The van der Waals surface area contributed by atoms with E-state index in [9.17, 15) is 14.4 Å². The standard InChI is InChI=1S/C33H41N5O3/c34-30(25-27-13-6-2-7-14-27)33(41)36-35-31(39)17-10-18-32(40)38(28-15-8-3-9-16-28)29-20-23-37(24-21-29)22-19-26-11-4-1-5-12-26/h1-9,11-16,29-30H,10,17-25,34H2,(H,35,39)(H,36,41)/t30-/m1/s1. The third-order valence-electron chi connectivity index (χ3n) is 7.54. The smallest absolute Gasteiger partial charge is 0.255 e. The number of para-hydroxylation sites is 1. The average Bonchev–Trinajstić information content (AvgIpc) is 3.01. The minimum atomic E-state index is -0.775. The lowest BCUT2D eigenvalue weighted by Crippen LogP contribution is -2.50. The average molecular weight is 556 g/mol. The molecule has 0 aromatic heterocycles. The highest BCUT2D eigenvalue weighted by atomic mass is 16.2. The molecule has 41 heavy (non-hydrogen) atoms. The molecule has 0 saturated carbocycles. The van der Waals surface area contributed by atoms with Crippen LogP contribution < -0.4 is 21.5 Å². The Kier molecular flexibility index (Phi) is 11.5. The molecule has 4 N–H and O–H groups in total. The van der Waals surface area contributed by atoms with E-state index in [1.165, 1.54) is 5.56 Å². The molecule has 216 valence electrons. The second kappa shape index (κ2) is 15.7. The second-order valence-corrected chi connectivity index (χ2v) is 10.6. The second-order valence-electron chi connectivity index (χ2n) is 10.6. The van der Waals surface area contributed by atoms with E-state index >= 15 is 0 Å². The molecule has 0 spiro atoms. The molecule has 1 heterocycles. The number of nitrogens with two attached hydrogens (primary N) is 1. The molecule has 1 fully saturated rings. The van der Waals surface area contributed by atoms with Gasteiger partial charge in [-0.25, -0.2) is 0 Å². The van der Waals surface area contributed by atoms with Crippen molar-refractivity contribution in [2.24, 2.45) is 5.73 Å². The largest absolute Gasteiger partial charge is 0.320 e. The van der Waals surface area contributed by atoms with E-state index in [0.717, 1.165) is 50.1 Å². The highest BCUT2D eigenvalue weighted by Crippen LogP contribution is 2.25. The lowest BCUT2D eigenvalue weighted by atomic mass is 10.0. The van der Waals surface area contributed by atoms with Crippen LogP contribution in [-0.2, 0) is 27.2 Å². The number of nitrogens with zero attached hydrogens (tertiary/aromatic N) is 2. The highest BCUT2D eigenvalue weighted by Gasteiger charge is 2.29. The molecule has 8 heteroatoms. The minimum absolute atomic E-state index is 0.0145. The number of piperidine rings is 1. The van der Waals surface area contributed by atoms with Gasteiger partial charge in [-0.2, -0.15) is 0 Å². The first-order valence-corrected chi connectivity index (χ1v) is 14.5. The predicted octanol–water partition coefficient (Wildman–Crippen LogP) is 3.61. The van der Waals surface area contributed by atoms with Gasteiger partial charge in [-0.1, -0.05) is 78.9 Å². The van der Waals surface area contributed by atoms with Crippen molar-refractivity contribution in [2.75, 3.05) is 24.5 Å². The molecular formula is C33H41N5O3. The van der Waals surface area contributed by atoms with Gasteiger partial charge >= 0.3 is 0 Å². The zero-order valence-corrected chi connectivity index (χ0v) is 23.6. The summed E-state index contributed by atoms with van der Waals surface area (Å²) in [7, 11) is 0. The van der Waals surface area contributed by atoms with E-state index in [1.54, 1.807) is 0 Å². The monoisotopic (exact) mass is 555 g/mol. The van der Waals surface area contributed by atoms with Gasteiger partial charge in [0.05, 0.1) is 6.04 Å². The van der Waals surface area contributed by atoms with Crippen molar-refractivity contribution in [3.63, 3.8) is 0 Å². The number of benzene rings is 3. The van der Waals surface area contributed by atoms with E-state index in [4.69, 9.17) is 5.73 Å². The summed E-state index contributed by atoms with van der Waals surface area (Å²) in [5.41, 5.74) is 14.0. The zero-order chi connectivity index (χ0) is 28.9. The third kappa shape index (κ3) is 9.55. The topological polar surface area (TPSA) is 108 Å². The van der Waals surface area contributed by atoms with Crippen LogP contribution in [0.5, 0.6) is 0 Å². The minimum Gasteiger partial charge on any atom is -0.320 e. The van der Waals surface area contributed by atoms with Gasteiger partial charge in [-0.15, -0.1) is 0 Å².